The maximum Gasteiger partial charge on any atom is 0.273 e. The first-order valence-corrected chi connectivity index (χ1v) is 18.8. The van der Waals surface area contributed by atoms with Crippen molar-refractivity contribution in [3.8, 4) is 11.5 Å². The number of para-hydroxylation sites is 2. The number of H-pyrrole nitrogens is 1. The molecule has 7 N–H and O–H groups in total. The lowest BCUT2D eigenvalue weighted by atomic mass is 9.72. The van der Waals surface area contributed by atoms with Gasteiger partial charge in [0.1, 0.15) is 35.1 Å². The van der Waals surface area contributed by atoms with Crippen molar-refractivity contribution in [3.05, 3.63) is 105 Å². The fraction of sp³-hybridized carbons (Fsp3) is 0.325. The fourth-order valence-corrected chi connectivity index (χ4v) is 8.24. The van der Waals surface area contributed by atoms with Gasteiger partial charge in [0.2, 0.25) is 17.7 Å². The van der Waals surface area contributed by atoms with Crippen molar-refractivity contribution >= 4 is 56.0 Å². The summed E-state index contributed by atoms with van der Waals surface area (Å²) in [5.74, 6) is -2.33. The lowest BCUT2D eigenvalue weighted by Gasteiger charge is -2.29. The molecule has 0 saturated heterocycles. The Hall–Kier alpha value is -5.67. The highest BCUT2D eigenvalue weighted by molar-refractivity contribution is 9.10. The summed E-state index contributed by atoms with van der Waals surface area (Å²) in [5, 5.41) is 33.3. The first-order valence-electron chi connectivity index (χ1n) is 18.1. The number of Topliss-reactive ketones (excluding diaryl/α,β-unsaturated/α-hetero) is 1. The van der Waals surface area contributed by atoms with Crippen molar-refractivity contribution in [1.29, 1.82) is 0 Å². The number of ether oxygens (including phenoxy) is 1. The highest BCUT2D eigenvalue weighted by Gasteiger charge is 2.61. The number of halogens is 1. The number of benzene rings is 3. The number of aromatic amines is 1. The van der Waals surface area contributed by atoms with Crippen LogP contribution in [0.1, 0.15) is 82.9 Å². The lowest BCUT2D eigenvalue weighted by molar-refractivity contribution is -0.135. The van der Waals surface area contributed by atoms with E-state index in [1.165, 1.54) is 12.3 Å². The molecule has 5 aromatic rings. The minimum atomic E-state index is -1.34. The van der Waals surface area contributed by atoms with E-state index in [1.807, 2.05) is 44.2 Å². The van der Waals surface area contributed by atoms with Crippen LogP contribution in [0.25, 0.3) is 10.9 Å². The quantitative estimate of drug-likeness (QED) is 0.109. The number of aromatic nitrogens is 2. The molecule has 14 nitrogen and oxygen atoms in total. The van der Waals surface area contributed by atoms with E-state index in [0.717, 1.165) is 15.7 Å². The van der Waals surface area contributed by atoms with Crippen LogP contribution in [0.2, 0.25) is 0 Å². The molecule has 0 fully saturated rings. The molecule has 0 radical (unpaired) electrons. The summed E-state index contributed by atoms with van der Waals surface area (Å²) in [6, 6.07) is 14.0. The highest BCUT2D eigenvalue weighted by Crippen LogP contribution is 2.59. The molecule has 5 atom stereocenters. The SMILES string of the molecule is CC(C)[C@H](O)C(=O)N[C@H]1Cc2ccc3c(c2)C2(c4cccc(Br)c4N[C@H]2O3)c2oc(nc2C(=O)NCC(=O)c2c[nH]c3c(O)cccc23)[C@H](C(C)C)NC1=O. The van der Waals surface area contributed by atoms with Crippen LogP contribution in [0.3, 0.4) is 0 Å². The van der Waals surface area contributed by atoms with Gasteiger partial charge in [-0.15, -0.1) is 0 Å². The molecular weight excluding hydrogens is 772 g/mol. The number of nitrogens with one attached hydrogen (secondary N) is 5. The molecule has 1 unspecified atom stereocenters. The van der Waals surface area contributed by atoms with Crippen molar-refractivity contribution < 1.29 is 38.5 Å². The summed E-state index contributed by atoms with van der Waals surface area (Å²) in [4.78, 5) is 62.9. The Morgan fingerprint density at radius 3 is 2.60 bits per heavy atom. The number of oxazole rings is 1. The lowest BCUT2D eigenvalue weighted by Crippen LogP contribution is -2.52. The minimum absolute atomic E-state index is 0.00826. The Morgan fingerprint density at radius 2 is 1.84 bits per heavy atom. The number of aliphatic hydroxyl groups is 1. The molecule has 1 spiro atoms. The number of rotatable bonds is 8. The third-order valence-electron chi connectivity index (χ3n) is 10.6. The predicted octanol–water partition coefficient (Wildman–Crippen LogP) is 4.59. The van der Waals surface area contributed by atoms with Crippen LogP contribution in [-0.4, -0.2) is 68.6 Å². The molecule has 3 aliphatic heterocycles. The molecule has 0 aliphatic carbocycles. The van der Waals surface area contributed by atoms with E-state index in [1.54, 1.807) is 32.0 Å². The number of hydrogen-bond acceptors (Lipinski definition) is 10. The van der Waals surface area contributed by atoms with Gasteiger partial charge in [-0.3, -0.25) is 19.2 Å². The zero-order valence-electron chi connectivity index (χ0n) is 30.3. The largest absolute Gasteiger partial charge is 0.506 e. The normalized spacial score (nSPS) is 21.5. The van der Waals surface area contributed by atoms with E-state index in [4.69, 9.17) is 14.1 Å². The number of carbonyl (C=O) groups is 4. The van der Waals surface area contributed by atoms with Gasteiger partial charge in [0.25, 0.3) is 5.91 Å². The second kappa shape index (κ2) is 13.6. The van der Waals surface area contributed by atoms with Gasteiger partial charge < -0.3 is 45.6 Å². The van der Waals surface area contributed by atoms with Crippen LogP contribution in [0, 0.1) is 11.8 Å². The van der Waals surface area contributed by atoms with Crippen LogP contribution >= 0.6 is 15.9 Å². The van der Waals surface area contributed by atoms with Gasteiger partial charge >= 0.3 is 0 Å². The average molecular weight is 812 g/mol. The van der Waals surface area contributed by atoms with Crippen molar-refractivity contribution in [2.24, 2.45) is 11.8 Å². The van der Waals surface area contributed by atoms with E-state index in [9.17, 15) is 29.4 Å². The van der Waals surface area contributed by atoms with Crippen molar-refractivity contribution in [1.82, 2.24) is 25.9 Å². The number of aromatic hydroxyl groups is 1. The number of carbonyl (C=O) groups excluding carboxylic acids is 4. The molecule has 55 heavy (non-hydrogen) atoms. The molecular formula is C40H39BrN6O8. The van der Waals surface area contributed by atoms with Gasteiger partial charge in [-0.1, -0.05) is 64.1 Å². The Bertz CT molecular complexity index is 2400. The molecule has 0 saturated carbocycles. The molecule has 2 aromatic heterocycles. The molecule has 284 valence electrons. The Balaban J connectivity index is 1.27. The summed E-state index contributed by atoms with van der Waals surface area (Å²) < 4.78 is 14.1. The van der Waals surface area contributed by atoms with Gasteiger partial charge in [0.05, 0.1) is 17.7 Å². The summed E-state index contributed by atoms with van der Waals surface area (Å²) >= 11 is 3.67. The predicted molar refractivity (Wildman–Crippen MR) is 204 cm³/mol. The van der Waals surface area contributed by atoms with E-state index < -0.39 is 59.9 Å². The maximum atomic E-state index is 14.4. The smallest absolute Gasteiger partial charge is 0.273 e. The van der Waals surface area contributed by atoms with Crippen LogP contribution < -0.4 is 26.0 Å². The summed E-state index contributed by atoms with van der Waals surface area (Å²) in [5.41, 5.74) is 2.08. The summed E-state index contributed by atoms with van der Waals surface area (Å²) in [6.45, 7) is 6.74. The second-order valence-corrected chi connectivity index (χ2v) is 15.7. The Labute approximate surface area is 323 Å². The van der Waals surface area contributed by atoms with Gasteiger partial charge in [0, 0.05) is 39.2 Å². The number of hydrogen-bond donors (Lipinski definition) is 7. The number of ketones is 1. The van der Waals surface area contributed by atoms with Gasteiger partial charge in [-0.25, -0.2) is 4.98 Å². The summed E-state index contributed by atoms with van der Waals surface area (Å²) in [6.07, 6.45) is -0.571. The molecule has 3 aromatic carbocycles. The number of phenolic OH excluding ortho intramolecular Hbond substituents is 1. The van der Waals surface area contributed by atoms with Gasteiger partial charge in [-0.05, 0) is 51.5 Å². The summed E-state index contributed by atoms with van der Waals surface area (Å²) in [7, 11) is 0. The second-order valence-electron chi connectivity index (χ2n) is 14.9. The number of amides is 3. The number of fused-ring (bicyclic) bond motifs is 5. The Morgan fingerprint density at radius 1 is 1.05 bits per heavy atom. The van der Waals surface area contributed by atoms with E-state index in [-0.39, 0.29) is 41.4 Å². The fourth-order valence-electron chi connectivity index (χ4n) is 7.76. The van der Waals surface area contributed by atoms with Crippen LogP contribution in [0.15, 0.2) is 69.7 Å². The average Bonchev–Trinajstić information content (AvgIpc) is 3.92. The first-order chi connectivity index (χ1) is 26.3. The van der Waals surface area contributed by atoms with Crippen LogP contribution in [0.5, 0.6) is 11.5 Å². The van der Waals surface area contributed by atoms with E-state index >= 15 is 0 Å². The van der Waals surface area contributed by atoms with Crippen molar-refractivity contribution in [3.63, 3.8) is 0 Å². The number of aliphatic hydroxyl groups excluding tert-OH is 1. The molecule has 8 rings (SSSR count). The van der Waals surface area contributed by atoms with E-state index in [2.05, 4.69) is 42.2 Å². The molecule has 3 amide bonds. The molecule has 5 heterocycles. The van der Waals surface area contributed by atoms with Crippen LogP contribution in [0.4, 0.5) is 5.69 Å². The topological polar surface area (TPSA) is 208 Å². The number of nitrogens with zero attached hydrogens (tertiary/aromatic N) is 1. The van der Waals surface area contributed by atoms with E-state index in [0.29, 0.717) is 33.3 Å². The Kier molecular flexibility index (Phi) is 8.96. The molecule has 15 heteroatoms. The van der Waals surface area contributed by atoms with Crippen molar-refractivity contribution in [2.45, 2.75) is 63.9 Å². The first kappa shape index (κ1) is 36.3. The zero-order valence-corrected chi connectivity index (χ0v) is 31.9. The number of phenols is 1. The third kappa shape index (κ3) is 5.84. The zero-order chi connectivity index (χ0) is 38.9. The molecule has 4 bridgehead atoms. The van der Waals surface area contributed by atoms with Gasteiger partial charge in [-0.2, -0.15) is 0 Å². The minimum Gasteiger partial charge on any atom is -0.506 e. The van der Waals surface area contributed by atoms with Gasteiger partial charge in [0.15, 0.2) is 23.5 Å². The van der Waals surface area contributed by atoms with Crippen molar-refractivity contribution in [2.75, 3.05) is 11.9 Å². The molecule has 3 aliphatic rings. The van der Waals surface area contributed by atoms with Crippen LogP contribution in [-0.2, 0) is 21.4 Å². The number of anilines is 1. The maximum absolute atomic E-state index is 14.4. The third-order valence-corrected chi connectivity index (χ3v) is 11.3. The standard InChI is InChI=1S/C40H39BrN6O8/c1-17(2)29-38-46-32(36(52)43-16-27(49)21-15-42-30-20(21)7-5-10-26(30)48)34(55-38)40-22-8-6-9-24(41)31(22)47-39(40)54-28-12-11-19(13-23(28)40)14-25(35(51)45-29)44-37(53)33(50)18(3)4/h5-13,15,17-18,25,29,33,39,42,47-48,50H,14,16H2,1-4H3,(H,43,52)(H,44,53)(H,45,51)/t25-,29-,33-,39-,40?/m0/s1. The highest BCUT2D eigenvalue weighted by atomic mass is 79.9. The monoisotopic (exact) mass is 810 g/mol.